The molecule has 110 valence electrons. The highest BCUT2D eigenvalue weighted by atomic mass is 16.5. The van der Waals surface area contributed by atoms with Gasteiger partial charge in [0, 0.05) is 0 Å². The number of benzene rings is 2. The number of hydrogen-bond acceptors (Lipinski definition) is 2. The van der Waals surface area contributed by atoms with Crippen LogP contribution in [0.3, 0.4) is 0 Å². The lowest BCUT2D eigenvalue weighted by molar-refractivity contribution is 0.180. The molecule has 3 rings (SSSR count). The molecule has 1 N–H and O–H groups in total. The molecule has 0 fully saturated rings. The minimum absolute atomic E-state index is 0.294. The number of aliphatic hydroxyl groups is 1. The summed E-state index contributed by atoms with van der Waals surface area (Å²) in [6, 6.07) is 14.6. The highest BCUT2D eigenvalue weighted by molar-refractivity contribution is 5.40. The molecule has 2 heteroatoms. The van der Waals surface area contributed by atoms with E-state index in [0.29, 0.717) is 12.5 Å². The van der Waals surface area contributed by atoms with E-state index in [1.807, 2.05) is 12.1 Å². The van der Waals surface area contributed by atoms with Gasteiger partial charge in [0.25, 0.3) is 0 Å². The van der Waals surface area contributed by atoms with Crippen molar-refractivity contribution in [1.82, 2.24) is 0 Å². The van der Waals surface area contributed by atoms with Crippen molar-refractivity contribution >= 4 is 0 Å². The third-order valence-corrected chi connectivity index (χ3v) is 4.21. The summed E-state index contributed by atoms with van der Waals surface area (Å²) in [6.45, 7) is 4.98. The lowest BCUT2D eigenvalue weighted by atomic mass is 10.0. The van der Waals surface area contributed by atoms with Crippen molar-refractivity contribution in [1.29, 1.82) is 0 Å². The zero-order valence-corrected chi connectivity index (χ0v) is 12.7. The second-order valence-corrected chi connectivity index (χ2v) is 6.10. The Bertz CT molecular complexity index is 614. The second-order valence-electron chi connectivity index (χ2n) is 6.10. The second kappa shape index (κ2) is 5.90. The molecule has 0 spiro atoms. The zero-order valence-electron chi connectivity index (χ0n) is 12.7. The van der Waals surface area contributed by atoms with E-state index >= 15 is 0 Å². The van der Waals surface area contributed by atoms with Gasteiger partial charge in [-0.3, -0.25) is 0 Å². The van der Waals surface area contributed by atoms with Gasteiger partial charge in [-0.05, 0) is 53.1 Å². The first-order valence-electron chi connectivity index (χ1n) is 7.66. The molecule has 0 heterocycles. The molecule has 21 heavy (non-hydrogen) atoms. The Hall–Kier alpha value is -1.80. The van der Waals surface area contributed by atoms with Crippen molar-refractivity contribution in [3.8, 4) is 5.75 Å². The first-order chi connectivity index (χ1) is 10.1. The number of aryl methyl sites for hydroxylation is 1. The van der Waals surface area contributed by atoms with Crippen LogP contribution in [0.5, 0.6) is 5.75 Å². The summed E-state index contributed by atoms with van der Waals surface area (Å²) in [5, 5.41) is 9.81. The van der Waals surface area contributed by atoms with Crippen LogP contribution in [-0.4, -0.2) is 5.11 Å². The standard InChI is InChI=1S/C19H22O2/c1-13(2)15-5-3-14(4-6-15)12-21-17-8-9-18-16(11-17)7-10-19(18)20/h3-6,8-9,11,13,19-20H,7,10,12H2,1-2H3. The van der Waals surface area contributed by atoms with Gasteiger partial charge in [0.1, 0.15) is 12.4 Å². The normalized spacial score (nSPS) is 17.0. The zero-order chi connectivity index (χ0) is 14.8. The number of rotatable bonds is 4. The summed E-state index contributed by atoms with van der Waals surface area (Å²) in [6.07, 6.45) is 1.48. The van der Waals surface area contributed by atoms with Crippen molar-refractivity contribution < 1.29 is 9.84 Å². The van der Waals surface area contributed by atoms with Crippen LogP contribution < -0.4 is 4.74 Å². The molecule has 0 radical (unpaired) electrons. The van der Waals surface area contributed by atoms with E-state index in [9.17, 15) is 5.11 Å². The largest absolute Gasteiger partial charge is 0.489 e. The summed E-state index contributed by atoms with van der Waals surface area (Å²) in [5.41, 5.74) is 4.81. The van der Waals surface area contributed by atoms with E-state index in [2.05, 4.69) is 44.2 Å². The van der Waals surface area contributed by atoms with Crippen LogP contribution >= 0.6 is 0 Å². The van der Waals surface area contributed by atoms with Gasteiger partial charge in [-0.25, -0.2) is 0 Å². The van der Waals surface area contributed by atoms with Crippen LogP contribution in [0.4, 0.5) is 0 Å². The van der Waals surface area contributed by atoms with Gasteiger partial charge in [-0.1, -0.05) is 44.2 Å². The molecule has 0 amide bonds. The molecule has 2 nitrogen and oxygen atoms in total. The first-order valence-corrected chi connectivity index (χ1v) is 7.66. The van der Waals surface area contributed by atoms with Gasteiger partial charge in [-0.15, -0.1) is 0 Å². The van der Waals surface area contributed by atoms with E-state index in [-0.39, 0.29) is 6.10 Å². The number of ether oxygens (including phenoxy) is 1. The van der Waals surface area contributed by atoms with Gasteiger partial charge in [0.05, 0.1) is 6.10 Å². The average molecular weight is 282 g/mol. The predicted molar refractivity (Wildman–Crippen MR) is 84.6 cm³/mol. The summed E-state index contributed by atoms with van der Waals surface area (Å²) in [5.74, 6) is 1.44. The third kappa shape index (κ3) is 3.11. The minimum atomic E-state index is -0.294. The molecule has 1 aliphatic carbocycles. The topological polar surface area (TPSA) is 29.5 Å². The molecule has 1 aliphatic rings. The number of aliphatic hydroxyl groups excluding tert-OH is 1. The molecular formula is C19H22O2. The Balaban J connectivity index is 1.65. The molecule has 0 saturated heterocycles. The van der Waals surface area contributed by atoms with E-state index in [4.69, 9.17) is 4.74 Å². The van der Waals surface area contributed by atoms with Crippen molar-refractivity contribution in [3.63, 3.8) is 0 Å². The van der Waals surface area contributed by atoms with Crippen molar-refractivity contribution in [2.75, 3.05) is 0 Å². The van der Waals surface area contributed by atoms with E-state index in [1.54, 1.807) is 0 Å². The van der Waals surface area contributed by atoms with Crippen LogP contribution in [0.25, 0.3) is 0 Å². The SMILES string of the molecule is CC(C)c1ccc(COc2ccc3c(c2)CCC3O)cc1. The van der Waals surface area contributed by atoms with Gasteiger partial charge in [0.2, 0.25) is 0 Å². The van der Waals surface area contributed by atoms with Gasteiger partial charge in [0.15, 0.2) is 0 Å². The number of hydrogen-bond donors (Lipinski definition) is 1. The molecule has 0 aliphatic heterocycles. The molecule has 2 aromatic carbocycles. The highest BCUT2D eigenvalue weighted by Crippen LogP contribution is 2.33. The van der Waals surface area contributed by atoms with Crippen molar-refractivity contribution in [3.05, 3.63) is 64.7 Å². The van der Waals surface area contributed by atoms with Crippen LogP contribution in [0.1, 0.15) is 54.5 Å². The summed E-state index contributed by atoms with van der Waals surface area (Å²) < 4.78 is 5.87. The number of fused-ring (bicyclic) bond motifs is 1. The van der Waals surface area contributed by atoms with Crippen LogP contribution in [0.15, 0.2) is 42.5 Å². The monoisotopic (exact) mass is 282 g/mol. The van der Waals surface area contributed by atoms with Crippen molar-refractivity contribution in [2.45, 2.75) is 45.3 Å². The fourth-order valence-electron chi connectivity index (χ4n) is 2.83. The fourth-order valence-corrected chi connectivity index (χ4v) is 2.83. The molecule has 0 bridgehead atoms. The summed E-state index contributed by atoms with van der Waals surface area (Å²) in [4.78, 5) is 0. The van der Waals surface area contributed by atoms with E-state index in [0.717, 1.165) is 24.2 Å². The van der Waals surface area contributed by atoms with Crippen LogP contribution in [0.2, 0.25) is 0 Å². The maximum Gasteiger partial charge on any atom is 0.120 e. The Kier molecular flexibility index (Phi) is 3.98. The molecule has 1 unspecified atom stereocenters. The Morgan fingerprint density at radius 3 is 2.62 bits per heavy atom. The quantitative estimate of drug-likeness (QED) is 0.902. The maximum absolute atomic E-state index is 9.81. The molecule has 0 aromatic heterocycles. The predicted octanol–water partition coefficient (Wildman–Crippen LogP) is 4.37. The smallest absolute Gasteiger partial charge is 0.120 e. The summed E-state index contributed by atoms with van der Waals surface area (Å²) >= 11 is 0. The highest BCUT2D eigenvalue weighted by Gasteiger charge is 2.20. The summed E-state index contributed by atoms with van der Waals surface area (Å²) in [7, 11) is 0. The minimum Gasteiger partial charge on any atom is -0.489 e. The molecule has 0 saturated carbocycles. The van der Waals surface area contributed by atoms with Gasteiger partial charge in [-0.2, -0.15) is 0 Å². The lowest BCUT2D eigenvalue weighted by Gasteiger charge is -2.10. The fraction of sp³-hybridized carbons (Fsp3) is 0.368. The van der Waals surface area contributed by atoms with E-state index in [1.165, 1.54) is 16.7 Å². The molecular weight excluding hydrogens is 260 g/mol. The van der Waals surface area contributed by atoms with Crippen LogP contribution in [0, 0.1) is 0 Å². The maximum atomic E-state index is 9.81. The average Bonchev–Trinajstić information content (AvgIpc) is 2.86. The van der Waals surface area contributed by atoms with Gasteiger partial charge < -0.3 is 9.84 Å². The van der Waals surface area contributed by atoms with Crippen LogP contribution in [-0.2, 0) is 13.0 Å². The van der Waals surface area contributed by atoms with Gasteiger partial charge >= 0.3 is 0 Å². The third-order valence-electron chi connectivity index (χ3n) is 4.21. The Labute approximate surface area is 126 Å². The first kappa shape index (κ1) is 14.2. The Morgan fingerprint density at radius 1 is 1.14 bits per heavy atom. The lowest BCUT2D eigenvalue weighted by Crippen LogP contribution is -1.97. The Morgan fingerprint density at radius 2 is 1.90 bits per heavy atom. The molecule has 2 aromatic rings. The van der Waals surface area contributed by atoms with Crippen molar-refractivity contribution in [2.24, 2.45) is 0 Å². The molecule has 1 atom stereocenters. The van der Waals surface area contributed by atoms with E-state index < -0.39 is 0 Å².